The van der Waals surface area contributed by atoms with Crippen molar-refractivity contribution in [2.45, 2.75) is 57.2 Å². The topological polar surface area (TPSA) is 64.6 Å². The first-order valence-corrected chi connectivity index (χ1v) is 8.33. The van der Waals surface area contributed by atoms with Crippen LogP contribution in [0.4, 0.5) is 31.1 Å². The monoisotopic (exact) mass is 425 g/mol. The molecule has 160 valence electrons. The molecule has 1 unspecified atom stereocenters. The number of carbonyl (C=O) groups excluding carboxylic acids is 2. The van der Waals surface area contributed by atoms with E-state index < -0.39 is 71.1 Å². The Bertz CT molecular complexity index is 842. The van der Waals surface area contributed by atoms with Gasteiger partial charge < -0.3 is 14.8 Å². The fourth-order valence-electron chi connectivity index (χ4n) is 2.78. The SMILES string of the molecule is CC(C)(C)OC(=O)N[C@H]1CC(=C=O)C(C(F)(F)F)O[C@@H]1c1cc(F)c(F)cc1F. The van der Waals surface area contributed by atoms with Crippen molar-refractivity contribution >= 4 is 12.0 Å². The number of hydrogen-bond donors (Lipinski definition) is 1. The van der Waals surface area contributed by atoms with Crippen molar-refractivity contribution in [3.63, 3.8) is 0 Å². The van der Waals surface area contributed by atoms with E-state index in [-0.39, 0.29) is 6.07 Å². The van der Waals surface area contributed by atoms with Gasteiger partial charge in [0.15, 0.2) is 17.7 Å². The van der Waals surface area contributed by atoms with Crippen LogP contribution >= 0.6 is 0 Å². The number of alkyl carbamates (subject to hydrolysis) is 1. The Kier molecular flexibility index (Phi) is 6.34. The van der Waals surface area contributed by atoms with Crippen LogP contribution in [-0.4, -0.2) is 36.0 Å². The zero-order valence-corrected chi connectivity index (χ0v) is 15.5. The van der Waals surface area contributed by atoms with Gasteiger partial charge in [0.2, 0.25) is 0 Å². The molecule has 2 rings (SSSR count). The zero-order valence-electron chi connectivity index (χ0n) is 15.5. The van der Waals surface area contributed by atoms with Gasteiger partial charge in [-0.15, -0.1) is 0 Å². The lowest BCUT2D eigenvalue weighted by Crippen LogP contribution is -2.50. The number of hydrogen-bond acceptors (Lipinski definition) is 4. The second-order valence-corrected chi connectivity index (χ2v) is 7.35. The van der Waals surface area contributed by atoms with Crippen molar-refractivity contribution in [2.75, 3.05) is 0 Å². The van der Waals surface area contributed by atoms with Gasteiger partial charge in [-0.1, -0.05) is 0 Å². The average molecular weight is 425 g/mol. The maximum atomic E-state index is 14.2. The van der Waals surface area contributed by atoms with Gasteiger partial charge in [0.25, 0.3) is 0 Å². The fraction of sp³-hybridized carbons (Fsp3) is 0.500. The van der Waals surface area contributed by atoms with Crippen LogP contribution in [0.5, 0.6) is 0 Å². The van der Waals surface area contributed by atoms with Crippen LogP contribution in [0.25, 0.3) is 0 Å². The number of amides is 1. The van der Waals surface area contributed by atoms with Crippen LogP contribution in [0, 0.1) is 17.5 Å². The summed E-state index contributed by atoms with van der Waals surface area (Å²) in [6.45, 7) is 4.56. The Labute approximate surface area is 161 Å². The van der Waals surface area contributed by atoms with E-state index in [4.69, 9.17) is 9.47 Å². The third-order valence-corrected chi connectivity index (χ3v) is 3.88. The highest BCUT2D eigenvalue weighted by atomic mass is 19.4. The number of rotatable bonds is 2. The predicted octanol–water partition coefficient (Wildman–Crippen LogP) is 4.15. The van der Waals surface area contributed by atoms with Gasteiger partial charge in [-0.3, -0.25) is 0 Å². The second-order valence-electron chi connectivity index (χ2n) is 7.35. The van der Waals surface area contributed by atoms with Gasteiger partial charge in [-0.2, -0.15) is 13.2 Å². The highest BCUT2D eigenvalue weighted by Crippen LogP contribution is 2.41. The van der Waals surface area contributed by atoms with E-state index in [9.17, 15) is 35.9 Å². The number of carbonyl (C=O) groups is 1. The minimum absolute atomic E-state index is 0.145. The molecule has 0 saturated carbocycles. The van der Waals surface area contributed by atoms with Crippen molar-refractivity contribution in [3.8, 4) is 0 Å². The molecule has 1 fully saturated rings. The van der Waals surface area contributed by atoms with E-state index in [1.807, 2.05) is 0 Å². The minimum atomic E-state index is -5.06. The highest BCUT2D eigenvalue weighted by Gasteiger charge is 2.51. The highest BCUT2D eigenvalue weighted by molar-refractivity contribution is 5.68. The third-order valence-electron chi connectivity index (χ3n) is 3.88. The van der Waals surface area contributed by atoms with Crippen LogP contribution in [0.1, 0.15) is 38.9 Å². The second kappa shape index (κ2) is 8.08. The molecule has 29 heavy (non-hydrogen) atoms. The molecule has 1 aliphatic rings. The van der Waals surface area contributed by atoms with E-state index in [0.717, 1.165) is 5.94 Å². The standard InChI is InChI=1S/C18H17F6NO4/c1-17(2,3)29-16(27)25-13-4-8(7-26)15(18(22,23)24)28-14(13)9-5-11(20)12(21)6-10(9)19/h5-6,13-15H,4H2,1-3H3,(H,25,27)/t13-,14+,15?/m0/s1. The molecule has 1 heterocycles. The minimum Gasteiger partial charge on any atom is -0.444 e. The number of alkyl halides is 3. The largest absolute Gasteiger partial charge is 0.444 e. The Hall–Kier alpha value is -2.52. The van der Waals surface area contributed by atoms with E-state index >= 15 is 0 Å². The molecule has 0 radical (unpaired) electrons. The molecule has 0 aromatic heterocycles. The van der Waals surface area contributed by atoms with Crippen LogP contribution < -0.4 is 5.32 Å². The van der Waals surface area contributed by atoms with Crippen LogP contribution in [0.15, 0.2) is 17.7 Å². The molecular weight excluding hydrogens is 408 g/mol. The summed E-state index contributed by atoms with van der Waals surface area (Å²) < 4.78 is 90.6. The maximum absolute atomic E-state index is 14.2. The molecule has 1 aliphatic heterocycles. The van der Waals surface area contributed by atoms with Crippen molar-refractivity contribution in [2.24, 2.45) is 0 Å². The summed E-state index contributed by atoms with van der Waals surface area (Å²) in [5, 5.41) is 2.19. The van der Waals surface area contributed by atoms with Crippen LogP contribution in [0.2, 0.25) is 0 Å². The quantitative estimate of drug-likeness (QED) is 0.439. The Morgan fingerprint density at radius 1 is 1.14 bits per heavy atom. The lowest BCUT2D eigenvalue weighted by atomic mass is 9.90. The number of benzene rings is 1. The first-order valence-electron chi connectivity index (χ1n) is 8.33. The van der Waals surface area contributed by atoms with Crippen LogP contribution in [-0.2, 0) is 14.3 Å². The van der Waals surface area contributed by atoms with Crippen molar-refractivity contribution in [1.29, 1.82) is 0 Å². The summed E-state index contributed by atoms with van der Waals surface area (Å²) >= 11 is 0. The lowest BCUT2D eigenvalue weighted by molar-refractivity contribution is -0.232. The number of nitrogens with one attached hydrogen (secondary N) is 1. The Morgan fingerprint density at radius 3 is 2.24 bits per heavy atom. The molecule has 1 aromatic carbocycles. The van der Waals surface area contributed by atoms with Crippen molar-refractivity contribution < 1.29 is 45.4 Å². The molecule has 3 atom stereocenters. The molecule has 1 saturated heterocycles. The van der Waals surface area contributed by atoms with Gasteiger partial charge in [0, 0.05) is 18.1 Å². The van der Waals surface area contributed by atoms with E-state index in [1.165, 1.54) is 20.8 Å². The summed E-state index contributed by atoms with van der Waals surface area (Å²) in [5.41, 5.74) is -2.61. The van der Waals surface area contributed by atoms with Crippen LogP contribution in [0.3, 0.4) is 0 Å². The fourth-order valence-corrected chi connectivity index (χ4v) is 2.78. The summed E-state index contributed by atoms with van der Waals surface area (Å²) in [6, 6.07) is -0.965. The molecule has 11 heteroatoms. The first-order chi connectivity index (χ1) is 13.2. The van der Waals surface area contributed by atoms with E-state index in [2.05, 4.69) is 5.32 Å². The molecule has 1 aromatic rings. The Balaban J connectivity index is 2.46. The molecule has 1 N–H and O–H groups in total. The maximum Gasteiger partial charge on any atom is 0.419 e. The average Bonchev–Trinajstić information content (AvgIpc) is 2.55. The summed E-state index contributed by atoms with van der Waals surface area (Å²) in [5.74, 6) is -3.35. The molecule has 1 amide bonds. The predicted molar refractivity (Wildman–Crippen MR) is 87.0 cm³/mol. The molecule has 5 nitrogen and oxygen atoms in total. The van der Waals surface area contributed by atoms with Crippen molar-refractivity contribution in [3.05, 3.63) is 40.7 Å². The number of ether oxygens (including phenoxy) is 2. The van der Waals surface area contributed by atoms with Gasteiger partial charge >= 0.3 is 12.3 Å². The molecular formula is C18H17F6NO4. The summed E-state index contributed by atoms with van der Waals surface area (Å²) in [4.78, 5) is 23.1. The molecule has 0 spiro atoms. The Morgan fingerprint density at radius 2 is 1.72 bits per heavy atom. The van der Waals surface area contributed by atoms with Gasteiger partial charge in [-0.25, -0.2) is 22.8 Å². The summed E-state index contributed by atoms with van der Waals surface area (Å²) in [6.07, 6.45) is -11.5. The first kappa shape index (κ1) is 22.8. The van der Waals surface area contributed by atoms with Gasteiger partial charge in [0.1, 0.15) is 23.5 Å². The van der Waals surface area contributed by atoms with E-state index in [1.54, 1.807) is 0 Å². The molecule has 0 bridgehead atoms. The smallest absolute Gasteiger partial charge is 0.419 e. The number of halogens is 6. The van der Waals surface area contributed by atoms with Gasteiger partial charge in [-0.05, 0) is 26.8 Å². The lowest BCUT2D eigenvalue weighted by Gasteiger charge is -2.38. The zero-order chi connectivity index (χ0) is 22.1. The summed E-state index contributed by atoms with van der Waals surface area (Å²) in [7, 11) is 0. The normalized spacial score (nSPS) is 22.8. The van der Waals surface area contributed by atoms with E-state index in [0.29, 0.717) is 6.07 Å². The van der Waals surface area contributed by atoms with Gasteiger partial charge in [0.05, 0.1) is 11.6 Å². The van der Waals surface area contributed by atoms with Crippen molar-refractivity contribution in [1.82, 2.24) is 5.32 Å². The molecule has 0 aliphatic carbocycles. The third kappa shape index (κ3) is 5.51.